The Hall–Kier alpha value is -1.16. The molecule has 0 aromatic heterocycles. The van der Waals surface area contributed by atoms with Gasteiger partial charge in [-0.3, -0.25) is 9.59 Å². The van der Waals surface area contributed by atoms with Crippen LogP contribution in [0.5, 0.6) is 0 Å². The number of ether oxygens (including phenoxy) is 1. The van der Waals surface area contributed by atoms with Crippen LogP contribution in [0, 0.1) is 28.6 Å². The van der Waals surface area contributed by atoms with Gasteiger partial charge in [0.2, 0.25) is 0 Å². The second-order valence-electron chi connectivity index (χ2n) is 9.58. The van der Waals surface area contributed by atoms with E-state index in [1.807, 2.05) is 6.92 Å². The van der Waals surface area contributed by atoms with Gasteiger partial charge in [-0.05, 0) is 74.2 Å². The number of hydrogen-bond donors (Lipinski definition) is 1. The van der Waals surface area contributed by atoms with Crippen LogP contribution in [0.1, 0.15) is 72.1 Å². The van der Waals surface area contributed by atoms with Crippen molar-refractivity contribution in [1.82, 2.24) is 0 Å². The van der Waals surface area contributed by atoms with E-state index in [1.165, 1.54) is 5.57 Å². The smallest absolute Gasteiger partial charge is 0.305 e. The normalized spacial score (nSPS) is 47.5. The van der Waals surface area contributed by atoms with Gasteiger partial charge in [-0.15, -0.1) is 0 Å². The van der Waals surface area contributed by atoms with Crippen LogP contribution in [0.4, 0.5) is 0 Å². The summed E-state index contributed by atoms with van der Waals surface area (Å²) >= 11 is 0. The van der Waals surface area contributed by atoms with Crippen molar-refractivity contribution in [3.05, 3.63) is 11.6 Å². The van der Waals surface area contributed by atoms with Crippen molar-refractivity contribution in [1.29, 1.82) is 0 Å². The van der Waals surface area contributed by atoms with Crippen molar-refractivity contribution in [2.75, 3.05) is 0 Å². The summed E-state index contributed by atoms with van der Waals surface area (Å²) in [5.41, 5.74) is 1.31. The number of ketones is 1. The quantitative estimate of drug-likeness (QED) is 0.761. The number of aliphatic hydroxyl groups excluding tert-OH is 1. The van der Waals surface area contributed by atoms with E-state index in [0.29, 0.717) is 30.6 Å². The van der Waals surface area contributed by atoms with Gasteiger partial charge < -0.3 is 9.84 Å². The maximum atomic E-state index is 12.0. The van der Waals surface area contributed by atoms with Crippen LogP contribution in [0.2, 0.25) is 0 Å². The van der Waals surface area contributed by atoms with Gasteiger partial charge in [0.05, 0.1) is 0 Å². The Labute approximate surface area is 156 Å². The zero-order valence-electron chi connectivity index (χ0n) is 16.3. The van der Waals surface area contributed by atoms with Gasteiger partial charge in [-0.25, -0.2) is 0 Å². The second kappa shape index (κ2) is 6.19. The van der Waals surface area contributed by atoms with Crippen molar-refractivity contribution in [3.63, 3.8) is 0 Å². The molecular formula is C22H32O4. The summed E-state index contributed by atoms with van der Waals surface area (Å²) in [5, 5.41) is 10.2. The number of esters is 1. The van der Waals surface area contributed by atoms with Crippen molar-refractivity contribution >= 4 is 11.8 Å². The number of allylic oxidation sites excluding steroid dienone is 1. The molecule has 26 heavy (non-hydrogen) atoms. The van der Waals surface area contributed by atoms with E-state index in [2.05, 4.69) is 13.8 Å². The van der Waals surface area contributed by atoms with E-state index in [4.69, 9.17) is 4.74 Å². The molecule has 7 atom stereocenters. The van der Waals surface area contributed by atoms with Crippen LogP contribution in [-0.2, 0) is 14.3 Å². The highest BCUT2D eigenvalue weighted by Crippen LogP contribution is 2.65. The summed E-state index contributed by atoms with van der Waals surface area (Å²) in [6.07, 6.45) is 8.40. The summed E-state index contributed by atoms with van der Waals surface area (Å²) in [4.78, 5) is 23.9. The lowest BCUT2D eigenvalue weighted by Gasteiger charge is -2.58. The first-order valence-electron chi connectivity index (χ1n) is 10.4. The number of rotatable bonds is 2. The Kier molecular flexibility index (Phi) is 4.33. The van der Waals surface area contributed by atoms with E-state index in [9.17, 15) is 14.7 Å². The Bertz CT molecular complexity index is 653. The van der Waals surface area contributed by atoms with E-state index in [1.54, 1.807) is 6.08 Å². The molecule has 0 amide bonds. The van der Waals surface area contributed by atoms with Crippen LogP contribution >= 0.6 is 0 Å². The Balaban J connectivity index is 1.60. The van der Waals surface area contributed by atoms with Gasteiger partial charge in [0, 0.05) is 11.8 Å². The van der Waals surface area contributed by atoms with Gasteiger partial charge in [0.25, 0.3) is 0 Å². The van der Waals surface area contributed by atoms with Gasteiger partial charge in [-0.2, -0.15) is 0 Å². The highest BCUT2D eigenvalue weighted by molar-refractivity contribution is 5.95. The minimum Gasteiger partial charge on any atom is -0.462 e. The van der Waals surface area contributed by atoms with Gasteiger partial charge in [0.15, 0.2) is 5.78 Å². The molecule has 0 aliphatic heterocycles. The molecule has 144 valence electrons. The topological polar surface area (TPSA) is 63.6 Å². The highest BCUT2D eigenvalue weighted by Gasteiger charge is 2.60. The first-order chi connectivity index (χ1) is 12.3. The van der Waals surface area contributed by atoms with Gasteiger partial charge in [0.1, 0.15) is 12.2 Å². The zero-order chi connectivity index (χ0) is 18.7. The fourth-order valence-corrected chi connectivity index (χ4v) is 7.00. The molecule has 0 radical (unpaired) electrons. The third-order valence-corrected chi connectivity index (χ3v) is 8.47. The molecule has 4 heteroatoms. The SMILES string of the molecule is CCC(=O)O[C@H]1CC[C@H]2[C@@H]3CCC4=CC(=O)[C@H](O)C[C@]4(C)[C@H]3CC[C@]12C. The molecule has 1 N–H and O–H groups in total. The molecule has 0 unspecified atom stereocenters. The summed E-state index contributed by atoms with van der Waals surface area (Å²) < 4.78 is 5.84. The molecule has 0 aromatic rings. The summed E-state index contributed by atoms with van der Waals surface area (Å²) in [5.74, 6) is 1.55. The van der Waals surface area contributed by atoms with Crippen LogP contribution in [0.25, 0.3) is 0 Å². The molecule has 0 bridgehead atoms. The molecule has 4 aliphatic rings. The first kappa shape index (κ1) is 18.2. The predicted octanol–water partition coefficient (Wildman–Crippen LogP) is 3.81. The molecule has 3 saturated carbocycles. The number of carbonyl (C=O) groups excluding carboxylic acids is 2. The van der Waals surface area contributed by atoms with Crippen LogP contribution < -0.4 is 0 Å². The summed E-state index contributed by atoms with van der Waals surface area (Å²) in [6.45, 7) is 6.47. The fraction of sp³-hybridized carbons (Fsp3) is 0.818. The Morgan fingerprint density at radius 3 is 2.73 bits per heavy atom. The van der Waals surface area contributed by atoms with Crippen LogP contribution in [-0.4, -0.2) is 29.1 Å². The molecule has 0 aromatic carbocycles. The van der Waals surface area contributed by atoms with Crippen molar-refractivity contribution in [2.24, 2.45) is 28.6 Å². The van der Waals surface area contributed by atoms with E-state index >= 15 is 0 Å². The lowest BCUT2D eigenvalue weighted by Crippen LogP contribution is -2.53. The van der Waals surface area contributed by atoms with E-state index in [0.717, 1.165) is 38.5 Å². The van der Waals surface area contributed by atoms with Crippen molar-refractivity contribution < 1.29 is 19.4 Å². The average molecular weight is 360 g/mol. The molecule has 0 heterocycles. The van der Waals surface area contributed by atoms with Crippen LogP contribution in [0.3, 0.4) is 0 Å². The highest BCUT2D eigenvalue weighted by atomic mass is 16.5. The lowest BCUT2D eigenvalue weighted by atomic mass is 9.47. The Morgan fingerprint density at radius 1 is 1.23 bits per heavy atom. The molecule has 0 saturated heterocycles. The molecule has 4 aliphatic carbocycles. The minimum absolute atomic E-state index is 0.0459. The molecule has 3 fully saturated rings. The molecule has 4 rings (SSSR count). The largest absolute Gasteiger partial charge is 0.462 e. The van der Waals surface area contributed by atoms with Gasteiger partial charge >= 0.3 is 5.97 Å². The summed E-state index contributed by atoms with van der Waals surface area (Å²) in [7, 11) is 0. The fourth-order valence-electron chi connectivity index (χ4n) is 7.00. The maximum absolute atomic E-state index is 12.0. The van der Waals surface area contributed by atoms with Crippen LogP contribution in [0.15, 0.2) is 11.6 Å². The number of carbonyl (C=O) groups is 2. The number of aliphatic hydroxyl groups is 1. The standard InChI is InChI=1S/C22H32O4/c1-4-20(25)26-19-8-7-15-14-6-5-13-11-17(23)18(24)12-22(13,3)16(14)9-10-21(15,19)2/h11,14-16,18-19,24H,4-10,12H2,1-3H3/t14-,15-,16-,18+,19-,21-,22-/m0/s1. The second-order valence-corrected chi connectivity index (χ2v) is 9.58. The van der Waals surface area contributed by atoms with E-state index < -0.39 is 6.10 Å². The van der Waals surface area contributed by atoms with Gasteiger partial charge in [-0.1, -0.05) is 26.3 Å². The maximum Gasteiger partial charge on any atom is 0.305 e. The third-order valence-electron chi connectivity index (χ3n) is 8.47. The van der Waals surface area contributed by atoms with Crippen molar-refractivity contribution in [3.8, 4) is 0 Å². The third kappa shape index (κ3) is 2.51. The lowest BCUT2D eigenvalue weighted by molar-refractivity contribution is -0.159. The molecule has 0 spiro atoms. The summed E-state index contributed by atoms with van der Waals surface area (Å²) in [6, 6.07) is 0. The Morgan fingerprint density at radius 2 is 2.00 bits per heavy atom. The zero-order valence-corrected chi connectivity index (χ0v) is 16.3. The molecular weight excluding hydrogens is 328 g/mol. The molecule has 4 nitrogen and oxygen atoms in total. The number of fused-ring (bicyclic) bond motifs is 5. The predicted molar refractivity (Wildman–Crippen MR) is 98.3 cm³/mol. The average Bonchev–Trinajstić information content (AvgIpc) is 2.93. The number of hydrogen-bond acceptors (Lipinski definition) is 4. The first-order valence-corrected chi connectivity index (χ1v) is 10.4. The minimum atomic E-state index is -0.836. The monoisotopic (exact) mass is 360 g/mol. The van der Waals surface area contributed by atoms with Crippen molar-refractivity contribution in [2.45, 2.75) is 84.3 Å². The van der Waals surface area contributed by atoms with E-state index in [-0.39, 0.29) is 28.7 Å².